The number of esters is 1. The molecule has 0 spiro atoms. The van der Waals surface area contributed by atoms with E-state index < -0.39 is 29.9 Å². The van der Waals surface area contributed by atoms with Crippen molar-refractivity contribution in [3.8, 4) is 5.75 Å². The molecule has 0 aromatic heterocycles. The van der Waals surface area contributed by atoms with Gasteiger partial charge in [-0.05, 0) is 61.9 Å². The van der Waals surface area contributed by atoms with Crippen LogP contribution >= 0.6 is 0 Å². The van der Waals surface area contributed by atoms with Crippen molar-refractivity contribution in [2.24, 2.45) is 0 Å². The maximum Gasteiger partial charge on any atom is 0.338 e. The zero-order valence-electron chi connectivity index (χ0n) is 21.5. The lowest BCUT2D eigenvalue weighted by molar-refractivity contribution is -0.124. The fourth-order valence-electron chi connectivity index (χ4n) is 4.24. The van der Waals surface area contributed by atoms with E-state index in [4.69, 9.17) is 9.47 Å². The van der Waals surface area contributed by atoms with Gasteiger partial charge in [-0.1, -0.05) is 35.9 Å². The molecule has 1 aliphatic rings. The van der Waals surface area contributed by atoms with E-state index in [2.05, 4.69) is 5.32 Å². The Kier molecular flexibility index (Phi) is 8.06. The minimum Gasteiger partial charge on any atom is -0.497 e. The first-order valence-electron chi connectivity index (χ1n) is 12.2. The van der Waals surface area contributed by atoms with Crippen molar-refractivity contribution in [1.82, 2.24) is 4.90 Å². The summed E-state index contributed by atoms with van der Waals surface area (Å²) in [5, 5.41) is 2.73. The molecule has 0 radical (unpaired) electrons. The van der Waals surface area contributed by atoms with E-state index in [9.17, 15) is 19.2 Å². The summed E-state index contributed by atoms with van der Waals surface area (Å²) in [5.74, 6) is -0.847. The van der Waals surface area contributed by atoms with Gasteiger partial charge in [-0.25, -0.2) is 14.5 Å². The molecule has 9 nitrogen and oxygen atoms in total. The van der Waals surface area contributed by atoms with Crippen LogP contribution in [0.25, 0.3) is 0 Å². The van der Waals surface area contributed by atoms with Gasteiger partial charge in [-0.2, -0.15) is 0 Å². The van der Waals surface area contributed by atoms with E-state index in [0.717, 1.165) is 16.0 Å². The molecule has 0 saturated carbocycles. The Labute approximate surface area is 220 Å². The third kappa shape index (κ3) is 5.83. The summed E-state index contributed by atoms with van der Waals surface area (Å²) in [6.45, 7) is 3.96. The molecular weight excluding hydrogens is 486 g/mol. The largest absolute Gasteiger partial charge is 0.497 e. The molecule has 1 atom stereocenters. The van der Waals surface area contributed by atoms with E-state index in [1.807, 2.05) is 25.1 Å². The highest BCUT2D eigenvalue weighted by molar-refractivity contribution is 6.22. The van der Waals surface area contributed by atoms with Gasteiger partial charge in [0.05, 0.1) is 31.4 Å². The van der Waals surface area contributed by atoms with Gasteiger partial charge in [0.1, 0.15) is 11.8 Å². The summed E-state index contributed by atoms with van der Waals surface area (Å²) in [6.07, 6.45) is -0.263. The Morgan fingerprint density at radius 1 is 0.974 bits per heavy atom. The first-order chi connectivity index (χ1) is 18.3. The molecule has 196 valence electrons. The Bertz CT molecular complexity index is 1350. The fraction of sp³-hybridized carbons (Fsp3) is 0.241. The van der Waals surface area contributed by atoms with Crippen molar-refractivity contribution in [2.75, 3.05) is 23.9 Å². The van der Waals surface area contributed by atoms with Crippen LogP contribution in [0.5, 0.6) is 5.75 Å². The Morgan fingerprint density at radius 2 is 1.71 bits per heavy atom. The summed E-state index contributed by atoms with van der Waals surface area (Å²) in [6, 6.07) is 19.1. The predicted molar refractivity (Wildman–Crippen MR) is 142 cm³/mol. The number of methoxy groups -OCH3 is 1. The van der Waals surface area contributed by atoms with E-state index >= 15 is 0 Å². The number of rotatable bonds is 9. The second-order valence-corrected chi connectivity index (χ2v) is 8.84. The molecule has 0 unspecified atom stereocenters. The summed E-state index contributed by atoms with van der Waals surface area (Å²) in [5.41, 5.74) is 2.85. The summed E-state index contributed by atoms with van der Waals surface area (Å²) in [7, 11) is 1.55. The number of hydrogen-bond donors (Lipinski definition) is 1. The van der Waals surface area contributed by atoms with E-state index in [1.165, 1.54) is 11.0 Å². The normalized spacial score (nSPS) is 15.0. The number of nitrogens with zero attached hydrogens (tertiary/aromatic N) is 2. The Morgan fingerprint density at radius 3 is 2.42 bits per heavy atom. The summed E-state index contributed by atoms with van der Waals surface area (Å²) >= 11 is 0. The molecule has 1 saturated heterocycles. The van der Waals surface area contributed by atoms with Crippen molar-refractivity contribution in [1.29, 1.82) is 0 Å². The number of nitrogens with one attached hydrogen (secondary N) is 1. The summed E-state index contributed by atoms with van der Waals surface area (Å²) < 4.78 is 10.3. The van der Waals surface area contributed by atoms with Crippen molar-refractivity contribution >= 4 is 35.2 Å². The van der Waals surface area contributed by atoms with Crippen molar-refractivity contribution in [3.05, 3.63) is 89.5 Å². The quantitative estimate of drug-likeness (QED) is 0.331. The molecule has 1 aliphatic heterocycles. The molecule has 3 aromatic carbocycles. The first-order valence-corrected chi connectivity index (χ1v) is 12.2. The molecule has 4 amide bonds. The number of benzene rings is 3. The Hall–Kier alpha value is -4.66. The van der Waals surface area contributed by atoms with Gasteiger partial charge in [0.2, 0.25) is 5.91 Å². The number of amides is 4. The SMILES string of the molecule is CCOC(=O)c1cccc(NC(=O)C[C@@H]2C(=O)N(c3ccc(C)cc3)C(=O)N2Cc2cccc(OC)c2)c1. The third-order valence-corrected chi connectivity index (χ3v) is 6.13. The summed E-state index contributed by atoms with van der Waals surface area (Å²) in [4.78, 5) is 54.7. The van der Waals surface area contributed by atoms with E-state index in [0.29, 0.717) is 22.7 Å². The standard InChI is InChI=1S/C29H29N3O6/c1-4-38-28(35)21-8-6-9-22(16-21)30-26(33)17-25-27(34)32(23-13-11-19(2)12-14-23)29(36)31(25)18-20-7-5-10-24(15-20)37-3/h5-16,25H,4,17-18H2,1-3H3,(H,30,33)/t25-/m1/s1. The van der Waals surface area contributed by atoms with Crippen LogP contribution in [-0.4, -0.2) is 48.5 Å². The molecule has 3 aromatic rings. The monoisotopic (exact) mass is 515 g/mol. The molecule has 38 heavy (non-hydrogen) atoms. The highest BCUT2D eigenvalue weighted by Gasteiger charge is 2.46. The van der Waals surface area contributed by atoms with Gasteiger partial charge in [0, 0.05) is 12.2 Å². The minimum atomic E-state index is -1.02. The molecule has 1 heterocycles. The zero-order chi connectivity index (χ0) is 27.2. The smallest absolute Gasteiger partial charge is 0.338 e. The molecule has 0 bridgehead atoms. The minimum absolute atomic E-state index is 0.112. The highest BCUT2D eigenvalue weighted by Crippen LogP contribution is 2.29. The van der Waals surface area contributed by atoms with Crippen molar-refractivity contribution < 1.29 is 28.7 Å². The number of aryl methyl sites for hydroxylation is 1. The van der Waals surface area contributed by atoms with Gasteiger partial charge in [-0.15, -0.1) is 0 Å². The number of ether oxygens (including phenoxy) is 2. The van der Waals surface area contributed by atoms with Gasteiger partial charge in [-0.3, -0.25) is 9.59 Å². The van der Waals surface area contributed by atoms with Crippen LogP contribution in [0.1, 0.15) is 34.8 Å². The highest BCUT2D eigenvalue weighted by atomic mass is 16.5. The molecular formula is C29H29N3O6. The second-order valence-electron chi connectivity index (χ2n) is 8.84. The maximum absolute atomic E-state index is 13.5. The molecule has 9 heteroatoms. The number of hydrogen-bond acceptors (Lipinski definition) is 6. The molecule has 0 aliphatic carbocycles. The number of carbonyl (C=O) groups is 4. The van der Waals surface area contributed by atoms with Crippen LogP contribution in [0.15, 0.2) is 72.8 Å². The van der Waals surface area contributed by atoms with Gasteiger partial charge < -0.3 is 19.7 Å². The van der Waals surface area contributed by atoms with Crippen LogP contribution in [0.3, 0.4) is 0 Å². The predicted octanol–water partition coefficient (Wildman–Crippen LogP) is 4.55. The lowest BCUT2D eigenvalue weighted by Gasteiger charge is -2.22. The zero-order valence-corrected chi connectivity index (χ0v) is 21.5. The van der Waals surface area contributed by atoms with Crippen LogP contribution in [0.4, 0.5) is 16.2 Å². The maximum atomic E-state index is 13.5. The average Bonchev–Trinajstić information content (AvgIpc) is 3.13. The molecule has 1 N–H and O–H groups in total. The number of carbonyl (C=O) groups excluding carboxylic acids is 4. The topological polar surface area (TPSA) is 105 Å². The lowest BCUT2D eigenvalue weighted by Crippen LogP contribution is -2.37. The molecule has 1 fully saturated rings. The third-order valence-electron chi connectivity index (χ3n) is 6.13. The van der Waals surface area contributed by atoms with Gasteiger partial charge in [0.15, 0.2) is 0 Å². The fourth-order valence-corrected chi connectivity index (χ4v) is 4.24. The van der Waals surface area contributed by atoms with Crippen molar-refractivity contribution in [2.45, 2.75) is 32.9 Å². The van der Waals surface area contributed by atoms with E-state index in [-0.39, 0.29) is 19.6 Å². The second kappa shape index (κ2) is 11.6. The lowest BCUT2D eigenvalue weighted by atomic mass is 10.1. The molecule has 4 rings (SSSR count). The van der Waals surface area contributed by atoms with Crippen LogP contribution in [0.2, 0.25) is 0 Å². The Balaban J connectivity index is 1.58. The van der Waals surface area contributed by atoms with Crippen molar-refractivity contribution in [3.63, 3.8) is 0 Å². The van der Waals surface area contributed by atoms with Gasteiger partial charge in [0.25, 0.3) is 5.91 Å². The van der Waals surface area contributed by atoms with Crippen LogP contribution < -0.4 is 15.0 Å². The number of urea groups is 1. The van der Waals surface area contributed by atoms with Crippen LogP contribution in [-0.2, 0) is 20.9 Å². The first kappa shape index (κ1) is 26.4. The van der Waals surface area contributed by atoms with Gasteiger partial charge >= 0.3 is 12.0 Å². The number of anilines is 2. The number of imide groups is 1. The van der Waals surface area contributed by atoms with Crippen LogP contribution in [0, 0.1) is 6.92 Å². The van der Waals surface area contributed by atoms with E-state index in [1.54, 1.807) is 62.6 Å². The average molecular weight is 516 g/mol.